The Morgan fingerprint density at radius 1 is 1.37 bits per heavy atom. The van der Waals surface area contributed by atoms with Crippen LogP contribution in [-0.2, 0) is 9.59 Å². The van der Waals surface area contributed by atoms with Gasteiger partial charge in [-0.25, -0.2) is 15.0 Å². The number of para-hydroxylation sites is 1. The molecule has 0 spiro atoms. The second-order valence-electron chi connectivity index (χ2n) is 7.75. The number of amides is 2. The Hall–Kier alpha value is -3.69. The van der Waals surface area contributed by atoms with E-state index in [0.717, 1.165) is 5.56 Å². The molecule has 3 atom stereocenters. The number of nitrogens with zero attached hydrogens (tertiary/aromatic N) is 4. The summed E-state index contributed by atoms with van der Waals surface area (Å²) in [6.07, 6.45) is 3.47. The third-order valence-electron chi connectivity index (χ3n) is 5.91. The monoisotopic (exact) mass is 407 g/mol. The van der Waals surface area contributed by atoms with Crippen molar-refractivity contribution >= 4 is 28.8 Å². The third kappa shape index (κ3) is 2.75. The van der Waals surface area contributed by atoms with Crippen molar-refractivity contribution < 1.29 is 14.3 Å². The Balaban J connectivity index is 1.41. The van der Waals surface area contributed by atoms with Crippen LogP contribution in [0.5, 0.6) is 5.75 Å². The number of carbonyl (C=O) groups excluding carboxylic acids is 2. The van der Waals surface area contributed by atoms with Crippen molar-refractivity contribution in [1.82, 2.24) is 24.8 Å². The summed E-state index contributed by atoms with van der Waals surface area (Å²) < 4.78 is 6.25. The highest BCUT2D eigenvalue weighted by Crippen LogP contribution is 2.49. The summed E-state index contributed by atoms with van der Waals surface area (Å²) in [5, 5.41) is 3.21. The number of rotatable bonds is 5. The van der Waals surface area contributed by atoms with E-state index in [2.05, 4.69) is 25.3 Å². The molecule has 2 aliphatic rings. The number of nitrogens with two attached hydrogens (primary N) is 1. The van der Waals surface area contributed by atoms with Crippen molar-refractivity contribution in [2.75, 3.05) is 18.4 Å². The Morgan fingerprint density at radius 3 is 3.03 bits per heavy atom. The smallest absolute Gasteiger partial charge is 0.238 e. The predicted octanol–water partition coefficient (Wildman–Crippen LogP) is 0.991. The first-order valence-corrected chi connectivity index (χ1v) is 9.74. The summed E-state index contributed by atoms with van der Waals surface area (Å²) in [6, 6.07) is 7.51. The number of likely N-dealkylation sites (tertiary alicyclic amines) is 1. The van der Waals surface area contributed by atoms with E-state index >= 15 is 0 Å². The van der Waals surface area contributed by atoms with Gasteiger partial charge in [0.15, 0.2) is 17.2 Å². The minimum atomic E-state index is -0.915. The van der Waals surface area contributed by atoms with Gasteiger partial charge in [0.25, 0.3) is 0 Å². The second kappa shape index (κ2) is 6.68. The molecule has 30 heavy (non-hydrogen) atoms. The van der Waals surface area contributed by atoms with E-state index < -0.39 is 17.6 Å². The van der Waals surface area contributed by atoms with Crippen molar-refractivity contribution in [3.8, 4) is 5.75 Å². The fourth-order valence-corrected chi connectivity index (χ4v) is 4.56. The van der Waals surface area contributed by atoms with Crippen LogP contribution in [0.1, 0.15) is 24.8 Å². The van der Waals surface area contributed by atoms with Crippen LogP contribution < -0.4 is 15.8 Å². The van der Waals surface area contributed by atoms with E-state index in [-0.39, 0.29) is 11.8 Å². The zero-order chi connectivity index (χ0) is 20.9. The van der Waals surface area contributed by atoms with E-state index in [4.69, 9.17) is 10.5 Å². The van der Waals surface area contributed by atoms with Crippen LogP contribution in [0.15, 0.2) is 36.9 Å². The number of imidazole rings is 1. The number of piperidine rings is 1. The highest BCUT2D eigenvalue weighted by molar-refractivity contribution is 6.01. The first kappa shape index (κ1) is 18.3. The predicted molar refractivity (Wildman–Crippen MR) is 107 cm³/mol. The minimum Gasteiger partial charge on any atom is -0.468 e. The Labute approximate surface area is 171 Å². The van der Waals surface area contributed by atoms with Gasteiger partial charge in [-0.1, -0.05) is 18.2 Å². The lowest BCUT2D eigenvalue weighted by molar-refractivity contribution is -0.174. The molecule has 3 unspecified atom stereocenters. The first-order chi connectivity index (χ1) is 14.5. The van der Waals surface area contributed by atoms with Crippen LogP contribution in [0.2, 0.25) is 0 Å². The number of fused-ring (bicyclic) bond motifs is 5. The van der Waals surface area contributed by atoms with E-state index in [1.54, 1.807) is 11.2 Å². The molecule has 2 bridgehead atoms. The van der Waals surface area contributed by atoms with Gasteiger partial charge in [-0.15, -0.1) is 0 Å². The summed E-state index contributed by atoms with van der Waals surface area (Å²) in [4.78, 5) is 42.5. The van der Waals surface area contributed by atoms with Gasteiger partial charge < -0.3 is 25.7 Å². The van der Waals surface area contributed by atoms with Gasteiger partial charge in [-0.05, 0) is 18.6 Å². The third-order valence-corrected chi connectivity index (χ3v) is 5.91. The molecule has 0 radical (unpaired) electrons. The molecule has 0 saturated carbocycles. The summed E-state index contributed by atoms with van der Waals surface area (Å²) in [7, 11) is 0. The van der Waals surface area contributed by atoms with Gasteiger partial charge in [0.05, 0.1) is 6.33 Å². The molecule has 4 heterocycles. The maximum absolute atomic E-state index is 13.3. The molecular weight excluding hydrogens is 386 g/mol. The Bertz CT molecular complexity index is 1150. The lowest BCUT2D eigenvalue weighted by Crippen LogP contribution is -2.65. The number of aromatic amines is 1. The molecule has 10 heteroatoms. The van der Waals surface area contributed by atoms with Gasteiger partial charge in [0.2, 0.25) is 11.8 Å². The van der Waals surface area contributed by atoms with E-state index in [0.29, 0.717) is 42.2 Å². The number of primary amides is 1. The van der Waals surface area contributed by atoms with Gasteiger partial charge in [0, 0.05) is 25.4 Å². The molecule has 2 aliphatic heterocycles. The number of benzene rings is 1. The SMILES string of the molecule is CC12CC(c3ccccc3O1)C(C(N)=O)C(=O)N2CCNc1ncnc2nc[nH]c12. The number of aromatic nitrogens is 4. The Kier molecular flexibility index (Phi) is 4.09. The van der Waals surface area contributed by atoms with E-state index in [1.165, 1.54) is 6.33 Å². The quantitative estimate of drug-likeness (QED) is 0.536. The van der Waals surface area contributed by atoms with Crippen molar-refractivity contribution in [1.29, 1.82) is 0 Å². The molecule has 10 nitrogen and oxygen atoms in total. The lowest BCUT2D eigenvalue weighted by Gasteiger charge is -2.52. The van der Waals surface area contributed by atoms with Crippen LogP contribution in [0.3, 0.4) is 0 Å². The van der Waals surface area contributed by atoms with Crippen LogP contribution in [-0.4, -0.2) is 55.5 Å². The van der Waals surface area contributed by atoms with Crippen LogP contribution in [0.25, 0.3) is 11.2 Å². The minimum absolute atomic E-state index is 0.291. The van der Waals surface area contributed by atoms with Gasteiger partial charge in [0.1, 0.15) is 23.5 Å². The summed E-state index contributed by atoms with van der Waals surface area (Å²) in [6.45, 7) is 2.59. The van der Waals surface area contributed by atoms with Gasteiger partial charge in [-0.3, -0.25) is 9.59 Å². The number of hydrogen-bond acceptors (Lipinski definition) is 7. The van der Waals surface area contributed by atoms with Crippen molar-refractivity contribution in [3.05, 3.63) is 42.5 Å². The van der Waals surface area contributed by atoms with Crippen LogP contribution >= 0.6 is 0 Å². The standard InChI is InChI=1S/C20H21N7O3/c1-20-8-12(11-4-2-3-5-13(11)30-20)14(16(21)28)19(29)27(20)7-6-22-17-15-18(24-9-23-15)26-10-25-17/h2-5,9-10,12,14H,6-8H2,1H3,(H2,21,28)(H2,22,23,24,25,26). The molecule has 154 valence electrons. The number of nitrogens with one attached hydrogen (secondary N) is 2. The lowest BCUT2D eigenvalue weighted by atomic mass is 9.73. The fraction of sp³-hybridized carbons (Fsp3) is 0.350. The van der Waals surface area contributed by atoms with Crippen LogP contribution in [0.4, 0.5) is 5.82 Å². The topological polar surface area (TPSA) is 139 Å². The van der Waals surface area contributed by atoms with Crippen molar-refractivity contribution in [3.63, 3.8) is 0 Å². The van der Waals surface area contributed by atoms with E-state index in [1.807, 2.05) is 31.2 Å². The molecular formula is C20H21N7O3. The van der Waals surface area contributed by atoms with E-state index in [9.17, 15) is 9.59 Å². The molecule has 2 amide bonds. The summed E-state index contributed by atoms with van der Waals surface area (Å²) in [5.74, 6) is -0.861. The highest BCUT2D eigenvalue weighted by Gasteiger charge is 2.55. The molecule has 1 saturated heterocycles. The number of anilines is 1. The average Bonchev–Trinajstić information content (AvgIpc) is 3.19. The number of ether oxygens (including phenoxy) is 1. The molecule has 1 aromatic carbocycles. The van der Waals surface area contributed by atoms with Crippen LogP contribution in [0, 0.1) is 5.92 Å². The summed E-state index contributed by atoms with van der Waals surface area (Å²) in [5.41, 5.74) is 6.89. The van der Waals surface area contributed by atoms with Crippen molar-refractivity contribution in [2.24, 2.45) is 11.7 Å². The zero-order valence-electron chi connectivity index (χ0n) is 16.3. The molecule has 2 aromatic heterocycles. The number of hydrogen-bond donors (Lipinski definition) is 3. The fourth-order valence-electron chi connectivity index (χ4n) is 4.56. The maximum Gasteiger partial charge on any atom is 0.238 e. The maximum atomic E-state index is 13.3. The highest BCUT2D eigenvalue weighted by atomic mass is 16.5. The normalized spacial score (nSPS) is 25.0. The second-order valence-corrected chi connectivity index (χ2v) is 7.75. The largest absolute Gasteiger partial charge is 0.468 e. The summed E-state index contributed by atoms with van der Waals surface area (Å²) >= 11 is 0. The molecule has 0 aliphatic carbocycles. The van der Waals surface area contributed by atoms with Gasteiger partial charge >= 0.3 is 0 Å². The Morgan fingerprint density at radius 2 is 2.20 bits per heavy atom. The number of carbonyl (C=O) groups is 2. The van der Waals surface area contributed by atoms with Crippen molar-refractivity contribution in [2.45, 2.75) is 25.0 Å². The average molecular weight is 407 g/mol. The molecule has 4 N–H and O–H groups in total. The zero-order valence-corrected chi connectivity index (χ0v) is 16.3. The molecule has 5 rings (SSSR count). The first-order valence-electron chi connectivity index (χ1n) is 9.74. The molecule has 1 fully saturated rings. The van der Waals surface area contributed by atoms with Gasteiger partial charge in [-0.2, -0.15) is 0 Å². The number of H-pyrrole nitrogens is 1. The molecule has 3 aromatic rings.